The molecule has 0 aromatic heterocycles. The summed E-state index contributed by atoms with van der Waals surface area (Å²) >= 11 is 1.64. The Balaban J connectivity index is 0.000000191. The number of fused-ring (bicyclic) bond motifs is 3. The van der Waals surface area contributed by atoms with Crippen LogP contribution in [0.5, 0.6) is 0 Å². The molecule has 0 atom stereocenters. The maximum absolute atomic E-state index is 3.65. The summed E-state index contributed by atoms with van der Waals surface area (Å²) in [4.78, 5) is 0. The summed E-state index contributed by atoms with van der Waals surface area (Å²) in [5.41, 5.74) is 12.7. The number of aryl methyl sites for hydroxylation is 2. The molecule has 1 aliphatic carbocycles. The van der Waals surface area contributed by atoms with Gasteiger partial charge in [-0.1, -0.05) is 109 Å². The molecule has 0 nitrogen and oxygen atoms in total. The van der Waals surface area contributed by atoms with Crippen molar-refractivity contribution in [2.75, 3.05) is 0 Å². The summed E-state index contributed by atoms with van der Waals surface area (Å²) in [5.74, 6) is 0. The van der Waals surface area contributed by atoms with Gasteiger partial charge in [-0.2, -0.15) is 29.3 Å². The third-order valence-corrected chi connectivity index (χ3v) is 14.5. The topological polar surface area (TPSA) is 0 Å². The first-order valence-corrected chi connectivity index (χ1v) is 20.9. The molecule has 0 unspecified atom stereocenters. The van der Waals surface area contributed by atoms with Crippen molar-refractivity contribution in [3.05, 3.63) is 198 Å². The summed E-state index contributed by atoms with van der Waals surface area (Å²) in [7, 11) is 0. The van der Waals surface area contributed by atoms with E-state index >= 15 is 0 Å². The van der Waals surface area contributed by atoms with E-state index in [4.69, 9.17) is 0 Å². The standard InChI is InChI=1S/C25H17.C12H10Si.C7H9.2ClH.Zr/c1-3-7-18(8-4-1)20-11-13-24-22(15-20)17-23-16-21(12-14-25(23)24)19-9-5-2-6-10-19;1-3-7-11(8-4-1)13-12-9-5-2-6-10-12;1-6-4-3-5-7(6)2;;;/h1-15H,17H2;1-10H;3-5H,1-2H3;2*1H;/q-1;;-1;;;+2/p-2. The molecule has 0 aliphatic heterocycles. The molecule has 48 heavy (non-hydrogen) atoms. The molecule has 0 amide bonds. The fourth-order valence-electron chi connectivity index (χ4n) is 5.70. The first-order chi connectivity index (χ1) is 22.6. The minimum Gasteiger partial charge on any atom is -0.143 e. The summed E-state index contributed by atoms with van der Waals surface area (Å²) in [6.07, 6.45) is 0.964. The van der Waals surface area contributed by atoms with Crippen LogP contribution in [0.15, 0.2) is 170 Å². The second kappa shape index (κ2) is 18.2. The monoisotopic (exact) mass is 752 g/mol. The number of rotatable bonds is 4. The summed E-state index contributed by atoms with van der Waals surface area (Å²) in [5, 5.41) is 3.03. The number of hydrogen-bond donors (Lipinski definition) is 0. The van der Waals surface area contributed by atoms with Crippen LogP contribution >= 0.6 is 0 Å². The van der Waals surface area contributed by atoms with Crippen molar-refractivity contribution >= 4 is 15.8 Å². The van der Waals surface area contributed by atoms with Crippen molar-refractivity contribution in [2.45, 2.75) is 20.3 Å². The van der Waals surface area contributed by atoms with Gasteiger partial charge in [-0.15, -0.1) is 29.3 Å². The van der Waals surface area contributed by atoms with Gasteiger partial charge in [-0.3, -0.25) is 0 Å². The van der Waals surface area contributed by atoms with Crippen molar-refractivity contribution in [1.29, 1.82) is 0 Å². The predicted octanol–water partition coefficient (Wildman–Crippen LogP) is 3.76. The Morgan fingerprint density at radius 2 is 1.02 bits per heavy atom. The second-order valence-electron chi connectivity index (χ2n) is 11.5. The normalized spacial score (nSPS) is 10.4. The van der Waals surface area contributed by atoms with Gasteiger partial charge in [-0.25, -0.2) is 0 Å². The molecule has 1 aliphatic rings. The molecule has 7 aromatic rings. The van der Waals surface area contributed by atoms with Crippen molar-refractivity contribution in [3.8, 4) is 33.4 Å². The second-order valence-corrected chi connectivity index (χ2v) is 17.1. The van der Waals surface area contributed by atoms with Gasteiger partial charge in [0.25, 0.3) is 0 Å². The molecule has 0 bridgehead atoms. The van der Waals surface area contributed by atoms with E-state index < -0.39 is 5.43 Å². The zero-order chi connectivity index (χ0) is 31.7. The predicted molar refractivity (Wildman–Crippen MR) is 194 cm³/mol. The van der Waals surface area contributed by atoms with Crippen LogP contribution in [0.25, 0.3) is 33.4 Å². The molecule has 4 heteroatoms. The van der Waals surface area contributed by atoms with Crippen molar-refractivity contribution in [1.82, 2.24) is 0 Å². The molecular weight excluding hydrogens is 719 g/mol. The van der Waals surface area contributed by atoms with Crippen molar-refractivity contribution < 1.29 is 48.1 Å². The van der Waals surface area contributed by atoms with E-state index in [2.05, 4.69) is 190 Å². The van der Waals surface area contributed by atoms with Crippen LogP contribution in [0.3, 0.4) is 0 Å². The van der Waals surface area contributed by atoms with E-state index in [1.165, 1.54) is 66.0 Å². The molecule has 236 valence electrons. The molecule has 0 fully saturated rings. The van der Waals surface area contributed by atoms with Gasteiger partial charge in [0, 0.05) is 0 Å². The van der Waals surface area contributed by atoms with Crippen molar-refractivity contribution in [3.63, 3.8) is 0 Å². The zero-order valence-corrected chi connectivity index (χ0v) is 32.1. The molecule has 0 saturated carbocycles. The van der Waals surface area contributed by atoms with Crippen LogP contribution in [0.1, 0.15) is 22.3 Å². The van der Waals surface area contributed by atoms with Crippen LogP contribution in [-0.2, 0) is 29.8 Å². The average molecular weight is 755 g/mol. The van der Waals surface area contributed by atoms with Gasteiger partial charge in [0.2, 0.25) is 0 Å². The van der Waals surface area contributed by atoms with Gasteiger partial charge in [0.15, 0.2) is 0 Å². The quantitative estimate of drug-likeness (QED) is 0.190. The largest absolute Gasteiger partial charge is 0.143 e. The third kappa shape index (κ3) is 9.28. The van der Waals surface area contributed by atoms with Crippen LogP contribution in [-0.4, -0.2) is 5.43 Å². The molecule has 0 N–H and O–H groups in total. The summed E-state index contributed by atoms with van der Waals surface area (Å²) < 4.78 is 0. The minimum absolute atomic E-state index is 0. The Kier molecular flexibility index (Phi) is 14.1. The van der Waals surface area contributed by atoms with E-state index in [-0.39, 0.29) is 24.8 Å². The SMILES string of the molecule is Cc1c[cH-]cc1C.[Cl-].[Cl-].[Zr+2]=[Si](c1ccccc1)c1ccccc1.[c-]1c(-c2ccccc2)ccc2c1Cc1cc(-c3ccccc3)ccc1-2. The van der Waals surface area contributed by atoms with E-state index in [1.54, 1.807) is 23.3 Å². The van der Waals surface area contributed by atoms with Crippen LogP contribution in [0.4, 0.5) is 0 Å². The first kappa shape index (κ1) is 37.2. The molecule has 0 radical (unpaired) electrons. The molecule has 7 aromatic carbocycles. The molecule has 0 saturated heterocycles. The van der Waals surface area contributed by atoms with E-state index in [0.717, 1.165) is 6.42 Å². The van der Waals surface area contributed by atoms with Gasteiger partial charge < -0.3 is 24.8 Å². The van der Waals surface area contributed by atoms with Gasteiger partial charge in [0.1, 0.15) is 0 Å². The van der Waals surface area contributed by atoms with Gasteiger partial charge in [0.05, 0.1) is 0 Å². The Bertz CT molecular complexity index is 1890. The third-order valence-electron chi connectivity index (χ3n) is 8.42. The fraction of sp³-hybridized carbons (Fsp3) is 0.0682. The van der Waals surface area contributed by atoms with Crippen LogP contribution in [0.2, 0.25) is 0 Å². The smallest absolute Gasteiger partial charge is 0.0181 e. The van der Waals surface area contributed by atoms with E-state index in [1.807, 2.05) is 0 Å². The van der Waals surface area contributed by atoms with Gasteiger partial charge in [-0.05, 0) is 23.1 Å². The van der Waals surface area contributed by atoms with Crippen molar-refractivity contribution in [2.24, 2.45) is 0 Å². The molecular formula is C44H36Cl2SiZr-2. The fourth-order valence-corrected chi connectivity index (χ4v) is 9.54. The summed E-state index contributed by atoms with van der Waals surface area (Å²) in [6, 6.07) is 64.0. The Morgan fingerprint density at radius 3 is 1.52 bits per heavy atom. The number of halogens is 2. The maximum Gasteiger partial charge on any atom is -0.0181 e. The summed E-state index contributed by atoms with van der Waals surface area (Å²) in [6.45, 7) is 4.24. The number of benzene rings is 6. The molecule has 0 spiro atoms. The van der Waals surface area contributed by atoms with E-state index in [9.17, 15) is 0 Å². The minimum atomic E-state index is -0.455. The average Bonchev–Trinajstić information content (AvgIpc) is 3.70. The Hall–Kier alpha value is -3.65. The van der Waals surface area contributed by atoms with E-state index in [0.29, 0.717) is 0 Å². The van der Waals surface area contributed by atoms with Crippen LogP contribution in [0, 0.1) is 19.9 Å². The first-order valence-electron chi connectivity index (χ1n) is 15.7. The molecule has 8 rings (SSSR count). The maximum atomic E-state index is 3.65. The molecule has 0 heterocycles. The van der Waals surface area contributed by atoms with Crippen LogP contribution < -0.4 is 35.2 Å². The van der Waals surface area contributed by atoms with Gasteiger partial charge >= 0.3 is 99.8 Å². The Morgan fingerprint density at radius 1 is 0.542 bits per heavy atom. The zero-order valence-electron chi connectivity index (χ0n) is 27.1. The number of hydrogen-bond acceptors (Lipinski definition) is 0. The Labute approximate surface area is 313 Å².